The van der Waals surface area contributed by atoms with E-state index < -0.39 is 0 Å². The molecule has 3 heterocycles. The van der Waals surface area contributed by atoms with Crippen LogP contribution in [0.5, 0.6) is 0 Å². The number of rotatable bonds is 6. The third-order valence-electron chi connectivity index (χ3n) is 4.70. The first-order valence-corrected chi connectivity index (χ1v) is 9.14. The third kappa shape index (κ3) is 4.72. The molecule has 6 heteroatoms. The molecule has 6 nitrogen and oxygen atoms in total. The van der Waals surface area contributed by atoms with Gasteiger partial charge in [-0.3, -0.25) is 9.89 Å². The molecule has 1 fully saturated rings. The van der Waals surface area contributed by atoms with Crippen LogP contribution in [-0.2, 0) is 0 Å². The number of furan rings is 1. The van der Waals surface area contributed by atoms with E-state index in [9.17, 15) is 4.79 Å². The van der Waals surface area contributed by atoms with Gasteiger partial charge in [0.2, 0.25) is 0 Å². The number of aromatic amines is 1. The highest BCUT2D eigenvalue weighted by Crippen LogP contribution is 2.21. The van der Waals surface area contributed by atoms with E-state index in [-0.39, 0.29) is 5.91 Å². The van der Waals surface area contributed by atoms with Gasteiger partial charge in [0, 0.05) is 25.7 Å². The average Bonchev–Trinajstić information content (AvgIpc) is 3.19. The maximum Gasteiger partial charge on any atom is 0.271 e. The van der Waals surface area contributed by atoms with Crippen molar-refractivity contribution in [1.29, 1.82) is 0 Å². The molecular weight excluding hydrogens is 316 g/mol. The van der Waals surface area contributed by atoms with Crippen molar-refractivity contribution < 1.29 is 9.21 Å². The summed E-state index contributed by atoms with van der Waals surface area (Å²) in [7, 11) is 0. The molecule has 0 aromatic carbocycles. The number of carbonyl (C=O) groups excluding carboxylic acids is 1. The summed E-state index contributed by atoms with van der Waals surface area (Å²) in [5.74, 6) is 2.91. The quantitative estimate of drug-likeness (QED) is 0.790. The van der Waals surface area contributed by atoms with Gasteiger partial charge in [-0.15, -0.1) is 0 Å². The van der Waals surface area contributed by atoms with Gasteiger partial charge >= 0.3 is 0 Å². The molecule has 2 N–H and O–H groups in total. The molecule has 2 unspecified atom stereocenters. The molecule has 0 spiro atoms. The van der Waals surface area contributed by atoms with Gasteiger partial charge in [-0.1, -0.05) is 13.8 Å². The van der Waals surface area contributed by atoms with Crippen LogP contribution in [0.15, 0.2) is 22.6 Å². The third-order valence-corrected chi connectivity index (χ3v) is 4.70. The summed E-state index contributed by atoms with van der Waals surface area (Å²) in [6, 6.07) is 5.48. The molecule has 0 saturated carbocycles. The number of carbonyl (C=O) groups is 1. The fraction of sp³-hybridized carbons (Fsp3) is 0.579. The molecule has 1 saturated heterocycles. The van der Waals surface area contributed by atoms with E-state index in [2.05, 4.69) is 34.3 Å². The number of likely N-dealkylation sites (tertiary alicyclic amines) is 1. The number of nitrogens with one attached hydrogen (secondary N) is 2. The van der Waals surface area contributed by atoms with E-state index in [1.165, 1.54) is 19.5 Å². The lowest BCUT2D eigenvalue weighted by atomic mass is 9.92. The predicted octanol–water partition coefficient (Wildman–Crippen LogP) is 3.08. The van der Waals surface area contributed by atoms with Gasteiger partial charge in [-0.05, 0) is 50.3 Å². The Kier molecular flexibility index (Phi) is 5.58. The van der Waals surface area contributed by atoms with Gasteiger partial charge in [-0.2, -0.15) is 5.10 Å². The molecule has 3 rings (SSSR count). The fourth-order valence-electron chi connectivity index (χ4n) is 3.71. The average molecular weight is 344 g/mol. The summed E-state index contributed by atoms with van der Waals surface area (Å²) in [5, 5.41) is 9.89. The molecule has 1 aliphatic heterocycles. The minimum atomic E-state index is -0.147. The van der Waals surface area contributed by atoms with Crippen molar-refractivity contribution in [3.8, 4) is 11.5 Å². The van der Waals surface area contributed by atoms with Gasteiger partial charge in [0.05, 0.1) is 0 Å². The van der Waals surface area contributed by atoms with Gasteiger partial charge in [0.25, 0.3) is 5.91 Å². The zero-order valence-electron chi connectivity index (χ0n) is 15.3. The Hall–Kier alpha value is -2.08. The highest BCUT2D eigenvalue weighted by atomic mass is 16.3. The Morgan fingerprint density at radius 1 is 1.36 bits per heavy atom. The molecule has 25 heavy (non-hydrogen) atoms. The van der Waals surface area contributed by atoms with Crippen LogP contribution in [0.1, 0.15) is 42.9 Å². The van der Waals surface area contributed by atoms with E-state index in [0.29, 0.717) is 18.0 Å². The van der Waals surface area contributed by atoms with Crippen molar-refractivity contribution >= 4 is 5.91 Å². The lowest BCUT2D eigenvalue weighted by Gasteiger charge is -2.34. The second-order valence-corrected chi connectivity index (χ2v) is 7.39. The number of aryl methyl sites for hydroxylation is 1. The Morgan fingerprint density at radius 3 is 2.80 bits per heavy atom. The fourth-order valence-corrected chi connectivity index (χ4v) is 3.71. The molecule has 0 radical (unpaired) electrons. The first-order valence-electron chi connectivity index (χ1n) is 9.14. The Labute approximate surface area is 149 Å². The summed E-state index contributed by atoms with van der Waals surface area (Å²) in [4.78, 5) is 14.7. The summed E-state index contributed by atoms with van der Waals surface area (Å²) < 4.78 is 5.54. The highest BCUT2D eigenvalue weighted by molar-refractivity contribution is 5.93. The van der Waals surface area contributed by atoms with Crippen molar-refractivity contribution in [3.05, 3.63) is 29.7 Å². The Bertz CT molecular complexity index is 696. The van der Waals surface area contributed by atoms with Crippen molar-refractivity contribution in [2.24, 2.45) is 11.8 Å². The van der Waals surface area contributed by atoms with Crippen LogP contribution in [0.2, 0.25) is 0 Å². The smallest absolute Gasteiger partial charge is 0.271 e. The maximum absolute atomic E-state index is 12.2. The van der Waals surface area contributed by atoms with Crippen LogP contribution in [-0.4, -0.2) is 47.2 Å². The van der Waals surface area contributed by atoms with Crippen molar-refractivity contribution in [2.45, 2.75) is 33.6 Å². The Morgan fingerprint density at radius 2 is 2.12 bits per heavy atom. The number of hydrogen-bond donors (Lipinski definition) is 2. The summed E-state index contributed by atoms with van der Waals surface area (Å²) >= 11 is 0. The molecule has 136 valence electrons. The number of aromatic nitrogens is 2. The molecule has 2 aromatic heterocycles. The van der Waals surface area contributed by atoms with E-state index in [1.807, 2.05) is 19.1 Å². The maximum atomic E-state index is 12.2. The normalized spacial score (nSPS) is 21.4. The van der Waals surface area contributed by atoms with Gasteiger partial charge in [-0.25, -0.2) is 0 Å². The minimum absolute atomic E-state index is 0.147. The molecule has 1 amide bonds. The minimum Gasteiger partial charge on any atom is -0.460 e. The molecular formula is C19H28N4O2. The largest absolute Gasteiger partial charge is 0.460 e. The van der Waals surface area contributed by atoms with E-state index in [1.54, 1.807) is 6.07 Å². The van der Waals surface area contributed by atoms with Crippen LogP contribution in [0.4, 0.5) is 0 Å². The summed E-state index contributed by atoms with van der Waals surface area (Å²) in [6.07, 6.45) is 2.28. The SMILES string of the molecule is Cc1ccc(-c2cc(C(=O)NCCCN3CC(C)CC(C)C3)n[nH]2)o1. The standard InChI is InChI=1S/C19H28N4O2/c1-13-9-14(2)12-23(11-13)8-4-7-20-19(24)17-10-16(21-22-17)18-6-5-15(3)25-18/h5-6,10,13-14H,4,7-9,11-12H2,1-3H3,(H,20,24)(H,21,22). The first-order chi connectivity index (χ1) is 12.0. The summed E-state index contributed by atoms with van der Waals surface area (Å²) in [6.45, 7) is 10.6. The van der Waals surface area contributed by atoms with E-state index >= 15 is 0 Å². The number of H-pyrrole nitrogens is 1. The van der Waals surface area contributed by atoms with E-state index in [4.69, 9.17) is 4.42 Å². The van der Waals surface area contributed by atoms with Crippen LogP contribution < -0.4 is 5.32 Å². The molecule has 0 bridgehead atoms. The van der Waals surface area contributed by atoms with Crippen LogP contribution in [0, 0.1) is 18.8 Å². The van der Waals surface area contributed by atoms with Gasteiger partial charge < -0.3 is 14.6 Å². The monoisotopic (exact) mass is 344 g/mol. The number of piperidine rings is 1. The zero-order chi connectivity index (χ0) is 17.8. The zero-order valence-corrected chi connectivity index (χ0v) is 15.3. The molecule has 0 aliphatic carbocycles. The van der Waals surface area contributed by atoms with Gasteiger partial charge in [0.15, 0.2) is 11.5 Å². The van der Waals surface area contributed by atoms with E-state index in [0.717, 1.165) is 36.3 Å². The number of amides is 1. The number of nitrogens with zero attached hydrogens (tertiary/aromatic N) is 2. The first kappa shape index (κ1) is 17.7. The van der Waals surface area contributed by atoms with Crippen LogP contribution in [0.25, 0.3) is 11.5 Å². The van der Waals surface area contributed by atoms with Crippen LogP contribution >= 0.6 is 0 Å². The number of hydrogen-bond acceptors (Lipinski definition) is 4. The molecule has 2 atom stereocenters. The van der Waals surface area contributed by atoms with Gasteiger partial charge in [0.1, 0.15) is 11.5 Å². The predicted molar refractivity (Wildman–Crippen MR) is 97.4 cm³/mol. The lowest BCUT2D eigenvalue weighted by molar-refractivity contribution is 0.0942. The van der Waals surface area contributed by atoms with Crippen LogP contribution in [0.3, 0.4) is 0 Å². The lowest BCUT2D eigenvalue weighted by Crippen LogP contribution is -2.40. The van der Waals surface area contributed by atoms with Crippen molar-refractivity contribution in [3.63, 3.8) is 0 Å². The molecule has 2 aromatic rings. The topological polar surface area (TPSA) is 74.2 Å². The Balaban J connectivity index is 1.43. The second kappa shape index (κ2) is 7.87. The van der Waals surface area contributed by atoms with Crippen molar-refractivity contribution in [2.75, 3.05) is 26.2 Å². The summed E-state index contributed by atoms with van der Waals surface area (Å²) in [5.41, 5.74) is 1.11. The van der Waals surface area contributed by atoms with Crippen molar-refractivity contribution in [1.82, 2.24) is 20.4 Å². The second-order valence-electron chi connectivity index (χ2n) is 7.39. The highest BCUT2D eigenvalue weighted by Gasteiger charge is 2.21. The molecule has 1 aliphatic rings.